The van der Waals surface area contributed by atoms with Crippen LogP contribution in [0.1, 0.15) is 71.1 Å². The minimum atomic E-state index is 1.02. The van der Waals surface area contributed by atoms with Gasteiger partial charge in [0.05, 0.1) is 0 Å². The van der Waals surface area contributed by atoms with Gasteiger partial charge in [-0.05, 0) is 41.5 Å². The predicted molar refractivity (Wildman–Crippen MR) is 122 cm³/mol. The maximum absolute atomic E-state index is 4.39. The van der Waals surface area contributed by atoms with E-state index in [2.05, 4.69) is 68.1 Å². The Labute approximate surface area is 170 Å². The van der Waals surface area contributed by atoms with Crippen LogP contribution in [0.15, 0.2) is 58.3 Å². The van der Waals surface area contributed by atoms with E-state index in [0.29, 0.717) is 0 Å². The summed E-state index contributed by atoms with van der Waals surface area (Å²) in [6.45, 7) is 2.29. The number of unbranched alkanes of at least 4 members (excludes halogenated alkanes) is 9. The second-order valence-corrected chi connectivity index (χ2v) is 8.73. The quantitative estimate of drug-likeness (QED) is 0.204. The first-order chi connectivity index (χ1) is 12.8. The van der Waals surface area contributed by atoms with Crippen molar-refractivity contribution in [3.63, 3.8) is 0 Å². The average Bonchev–Trinajstić information content (AvgIpc) is 2.67. The summed E-state index contributed by atoms with van der Waals surface area (Å²) in [5, 5.41) is 0. The predicted octanol–water partition coefficient (Wildman–Crippen LogP) is 8.66. The van der Waals surface area contributed by atoms with Gasteiger partial charge in [-0.25, -0.2) is 0 Å². The minimum Gasteiger partial charge on any atom is -0.143 e. The van der Waals surface area contributed by atoms with Crippen LogP contribution in [0.2, 0.25) is 0 Å². The standard InChI is InChI=1S/C24H34S2/c1-2-3-4-5-6-7-8-9-10-13-20-26-24-15-12-11-14-23(24)21-16-18-22(25)19-17-21/h11-12,14-19,25H,2-10,13,20H2,1H3. The fourth-order valence-electron chi connectivity index (χ4n) is 3.24. The molecule has 0 amide bonds. The summed E-state index contributed by atoms with van der Waals surface area (Å²) >= 11 is 6.39. The Morgan fingerprint density at radius 1 is 0.692 bits per heavy atom. The molecule has 26 heavy (non-hydrogen) atoms. The minimum absolute atomic E-state index is 1.02. The molecule has 0 saturated carbocycles. The third-order valence-corrected chi connectivity index (χ3v) is 6.28. The van der Waals surface area contributed by atoms with Crippen molar-refractivity contribution in [1.82, 2.24) is 0 Å². The van der Waals surface area contributed by atoms with Crippen molar-refractivity contribution >= 4 is 24.4 Å². The SMILES string of the molecule is CCCCCCCCCCCCSc1ccccc1-c1ccc(S)cc1. The highest BCUT2D eigenvalue weighted by Gasteiger charge is 2.05. The van der Waals surface area contributed by atoms with Gasteiger partial charge in [0.2, 0.25) is 0 Å². The summed E-state index contributed by atoms with van der Waals surface area (Å²) in [5.41, 5.74) is 2.63. The topological polar surface area (TPSA) is 0 Å². The van der Waals surface area contributed by atoms with Gasteiger partial charge in [-0.2, -0.15) is 0 Å². The normalized spacial score (nSPS) is 11.0. The number of rotatable bonds is 13. The van der Waals surface area contributed by atoms with Gasteiger partial charge in [-0.3, -0.25) is 0 Å². The fourth-order valence-corrected chi connectivity index (χ4v) is 4.48. The highest BCUT2D eigenvalue weighted by molar-refractivity contribution is 7.99. The molecule has 0 spiro atoms. The molecule has 2 heteroatoms. The van der Waals surface area contributed by atoms with Gasteiger partial charge >= 0.3 is 0 Å². The summed E-state index contributed by atoms with van der Waals surface area (Å²) in [6, 6.07) is 17.2. The Morgan fingerprint density at radius 3 is 1.92 bits per heavy atom. The van der Waals surface area contributed by atoms with Crippen molar-refractivity contribution < 1.29 is 0 Å². The van der Waals surface area contributed by atoms with Crippen molar-refractivity contribution in [2.45, 2.75) is 80.9 Å². The van der Waals surface area contributed by atoms with Crippen LogP contribution in [0.5, 0.6) is 0 Å². The summed E-state index contributed by atoms with van der Waals surface area (Å²) < 4.78 is 0. The highest BCUT2D eigenvalue weighted by Crippen LogP contribution is 2.32. The van der Waals surface area contributed by atoms with Crippen LogP contribution in [-0.4, -0.2) is 5.75 Å². The number of hydrogen-bond acceptors (Lipinski definition) is 2. The van der Waals surface area contributed by atoms with Crippen LogP contribution in [-0.2, 0) is 0 Å². The maximum atomic E-state index is 4.39. The molecule has 2 rings (SSSR count). The molecule has 0 heterocycles. The van der Waals surface area contributed by atoms with Gasteiger partial charge in [0, 0.05) is 9.79 Å². The van der Waals surface area contributed by atoms with Gasteiger partial charge in [0.25, 0.3) is 0 Å². The van der Waals surface area contributed by atoms with Crippen molar-refractivity contribution in [2.24, 2.45) is 0 Å². The Hall–Kier alpha value is -0.860. The Kier molecular flexibility index (Phi) is 11.0. The Balaban J connectivity index is 1.64. The number of benzene rings is 2. The van der Waals surface area contributed by atoms with E-state index in [-0.39, 0.29) is 0 Å². The van der Waals surface area contributed by atoms with Crippen LogP contribution in [0, 0.1) is 0 Å². The van der Waals surface area contributed by atoms with Crippen molar-refractivity contribution in [1.29, 1.82) is 0 Å². The number of thiol groups is 1. The second-order valence-electron chi connectivity index (χ2n) is 7.07. The van der Waals surface area contributed by atoms with E-state index in [0.717, 1.165) is 4.90 Å². The first-order valence-electron chi connectivity index (χ1n) is 10.3. The van der Waals surface area contributed by atoms with Crippen LogP contribution in [0.3, 0.4) is 0 Å². The lowest BCUT2D eigenvalue weighted by Crippen LogP contribution is -1.86. The lowest BCUT2D eigenvalue weighted by atomic mass is 10.1. The molecule has 0 radical (unpaired) electrons. The molecule has 0 fully saturated rings. The zero-order valence-electron chi connectivity index (χ0n) is 16.3. The molecule has 0 aliphatic carbocycles. The van der Waals surface area contributed by atoms with E-state index >= 15 is 0 Å². The molecule has 0 bridgehead atoms. The van der Waals surface area contributed by atoms with Gasteiger partial charge in [0.1, 0.15) is 0 Å². The molecule has 0 unspecified atom stereocenters. The van der Waals surface area contributed by atoms with Gasteiger partial charge in [-0.1, -0.05) is 95.0 Å². The monoisotopic (exact) mass is 386 g/mol. The first kappa shape index (κ1) is 21.4. The van der Waals surface area contributed by atoms with Crippen molar-refractivity contribution in [3.8, 4) is 11.1 Å². The largest absolute Gasteiger partial charge is 0.143 e. The van der Waals surface area contributed by atoms with Crippen LogP contribution in [0.4, 0.5) is 0 Å². The molecule has 142 valence electrons. The van der Waals surface area contributed by atoms with Crippen molar-refractivity contribution in [3.05, 3.63) is 48.5 Å². The highest BCUT2D eigenvalue weighted by atomic mass is 32.2. The van der Waals surface area contributed by atoms with E-state index in [1.165, 1.54) is 86.0 Å². The zero-order valence-corrected chi connectivity index (χ0v) is 18.0. The van der Waals surface area contributed by atoms with E-state index in [1.807, 2.05) is 11.8 Å². The van der Waals surface area contributed by atoms with E-state index in [1.54, 1.807) is 0 Å². The van der Waals surface area contributed by atoms with Gasteiger partial charge in [-0.15, -0.1) is 24.4 Å². The molecule has 0 aliphatic heterocycles. The zero-order chi connectivity index (χ0) is 18.5. The first-order valence-corrected chi connectivity index (χ1v) is 11.8. The molecular weight excluding hydrogens is 352 g/mol. The van der Waals surface area contributed by atoms with Crippen LogP contribution < -0.4 is 0 Å². The molecular formula is C24H34S2. The molecule has 0 aromatic heterocycles. The van der Waals surface area contributed by atoms with E-state index in [4.69, 9.17) is 0 Å². The Bertz CT molecular complexity index is 604. The molecule has 0 nitrogen and oxygen atoms in total. The average molecular weight is 387 g/mol. The molecule has 0 atom stereocenters. The fraction of sp³-hybridized carbons (Fsp3) is 0.500. The molecule has 0 aliphatic rings. The summed E-state index contributed by atoms with van der Waals surface area (Å²) in [4.78, 5) is 2.42. The third-order valence-electron chi connectivity index (χ3n) is 4.82. The maximum Gasteiger partial charge on any atom is 0.0150 e. The third kappa shape index (κ3) is 8.22. The number of thioether (sulfide) groups is 1. The van der Waals surface area contributed by atoms with Gasteiger partial charge in [0.15, 0.2) is 0 Å². The molecule has 2 aromatic rings. The van der Waals surface area contributed by atoms with Gasteiger partial charge < -0.3 is 0 Å². The van der Waals surface area contributed by atoms with E-state index in [9.17, 15) is 0 Å². The lowest BCUT2D eigenvalue weighted by molar-refractivity contribution is 0.563. The second kappa shape index (κ2) is 13.3. The number of hydrogen-bond donors (Lipinski definition) is 1. The Morgan fingerprint density at radius 2 is 1.27 bits per heavy atom. The van der Waals surface area contributed by atoms with Crippen LogP contribution in [0.25, 0.3) is 11.1 Å². The van der Waals surface area contributed by atoms with Crippen molar-refractivity contribution in [2.75, 3.05) is 5.75 Å². The van der Waals surface area contributed by atoms with Crippen LogP contribution >= 0.6 is 24.4 Å². The summed E-state index contributed by atoms with van der Waals surface area (Å²) in [5.74, 6) is 1.22. The molecule has 2 aromatic carbocycles. The lowest BCUT2D eigenvalue weighted by Gasteiger charge is -2.10. The smallest absolute Gasteiger partial charge is 0.0150 e. The molecule has 0 saturated heterocycles. The molecule has 0 N–H and O–H groups in total. The van der Waals surface area contributed by atoms with E-state index < -0.39 is 0 Å². The summed E-state index contributed by atoms with van der Waals surface area (Å²) in [6.07, 6.45) is 14.0. The summed E-state index contributed by atoms with van der Waals surface area (Å²) in [7, 11) is 0.